The molecular weight excluding hydrogens is 374 g/mol. The lowest BCUT2D eigenvalue weighted by Gasteiger charge is -2.17. The quantitative estimate of drug-likeness (QED) is 0.655. The fraction of sp³-hybridized carbons (Fsp3) is 0.286. The van der Waals surface area contributed by atoms with E-state index in [0.29, 0.717) is 22.2 Å². The van der Waals surface area contributed by atoms with Crippen LogP contribution in [0.4, 0.5) is 5.00 Å². The predicted molar refractivity (Wildman–Crippen MR) is 107 cm³/mol. The van der Waals surface area contributed by atoms with Gasteiger partial charge in [-0.3, -0.25) is 4.79 Å². The molecule has 1 atom stereocenters. The molecule has 4 rings (SSSR count). The van der Waals surface area contributed by atoms with E-state index in [1.807, 2.05) is 24.3 Å². The lowest BCUT2D eigenvalue weighted by atomic mass is 9.89. The maximum Gasteiger partial charge on any atom is 0.355 e. The average Bonchev–Trinajstić information content (AvgIpc) is 3.26. The topological polar surface area (TPSA) is 95.0 Å². The van der Waals surface area contributed by atoms with Crippen LogP contribution in [0.3, 0.4) is 0 Å². The number of aromatic amines is 1. The molecule has 0 unspecified atom stereocenters. The minimum Gasteiger partial charge on any atom is -0.451 e. The van der Waals surface area contributed by atoms with E-state index in [1.54, 1.807) is 6.07 Å². The molecule has 0 fully saturated rings. The van der Waals surface area contributed by atoms with Crippen molar-refractivity contribution in [2.75, 3.05) is 11.9 Å². The number of hydrogen-bond donors (Lipinski definition) is 2. The maximum absolute atomic E-state index is 12.3. The summed E-state index contributed by atoms with van der Waals surface area (Å²) >= 11 is 1.45. The molecule has 0 aliphatic heterocycles. The zero-order valence-corrected chi connectivity index (χ0v) is 16.2. The number of anilines is 1. The zero-order valence-electron chi connectivity index (χ0n) is 15.4. The number of nitrogens with one attached hydrogen (secondary N) is 2. The van der Waals surface area contributed by atoms with Gasteiger partial charge in [0.05, 0.1) is 5.56 Å². The summed E-state index contributed by atoms with van der Waals surface area (Å²) < 4.78 is 5.12. The smallest absolute Gasteiger partial charge is 0.355 e. The number of benzene rings is 1. The van der Waals surface area contributed by atoms with Crippen LogP contribution in [0.2, 0.25) is 0 Å². The van der Waals surface area contributed by atoms with Gasteiger partial charge in [0.1, 0.15) is 16.8 Å². The van der Waals surface area contributed by atoms with Gasteiger partial charge in [-0.1, -0.05) is 25.1 Å². The minimum atomic E-state index is -0.592. The zero-order chi connectivity index (χ0) is 19.7. The Labute approximate surface area is 166 Å². The number of para-hydroxylation sites is 1. The summed E-state index contributed by atoms with van der Waals surface area (Å²) in [7, 11) is 0. The first-order valence-corrected chi connectivity index (χ1v) is 9.96. The molecular formula is C21H19N3O3S. The summed E-state index contributed by atoms with van der Waals surface area (Å²) in [6, 6.07) is 11.4. The van der Waals surface area contributed by atoms with Crippen LogP contribution in [0.25, 0.3) is 10.9 Å². The normalized spacial score (nSPS) is 15.6. The van der Waals surface area contributed by atoms with E-state index in [-0.39, 0.29) is 0 Å². The highest BCUT2D eigenvalue weighted by molar-refractivity contribution is 7.16. The highest BCUT2D eigenvalue weighted by Crippen LogP contribution is 2.39. The Bertz CT molecular complexity index is 1070. The van der Waals surface area contributed by atoms with Crippen molar-refractivity contribution >= 4 is 39.1 Å². The first-order valence-electron chi connectivity index (χ1n) is 9.14. The Hall–Kier alpha value is -3.11. The Morgan fingerprint density at radius 3 is 3.00 bits per heavy atom. The molecule has 1 aliphatic carbocycles. The van der Waals surface area contributed by atoms with E-state index >= 15 is 0 Å². The summed E-state index contributed by atoms with van der Waals surface area (Å²) in [5.41, 5.74) is 2.72. The molecule has 6 nitrogen and oxygen atoms in total. The first kappa shape index (κ1) is 18.3. The van der Waals surface area contributed by atoms with E-state index in [0.717, 1.165) is 35.7 Å². The fourth-order valence-corrected chi connectivity index (χ4v) is 4.89. The number of hydrogen-bond acceptors (Lipinski definition) is 5. The summed E-state index contributed by atoms with van der Waals surface area (Å²) in [6.07, 6.45) is 2.84. The van der Waals surface area contributed by atoms with Crippen LogP contribution >= 0.6 is 11.3 Å². The summed E-state index contributed by atoms with van der Waals surface area (Å²) in [4.78, 5) is 28.6. The molecule has 2 N–H and O–H groups in total. The molecule has 1 amide bonds. The Balaban J connectivity index is 1.41. The van der Waals surface area contributed by atoms with E-state index in [2.05, 4.69) is 23.3 Å². The molecule has 7 heteroatoms. The number of esters is 1. The van der Waals surface area contributed by atoms with Crippen LogP contribution in [0, 0.1) is 17.2 Å². The molecule has 1 aromatic carbocycles. The van der Waals surface area contributed by atoms with Gasteiger partial charge in [-0.2, -0.15) is 5.26 Å². The predicted octanol–water partition coefficient (Wildman–Crippen LogP) is 4.02. The molecule has 1 aliphatic rings. The van der Waals surface area contributed by atoms with Crippen molar-refractivity contribution in [3.05, 3.63) is 52.0 Å². The molecule has 0 radical (unpaired) electrons. The van der Waals surface area contributed by atoms with E-state index < -0.39 is 18.5 Å². The van der Waals surface area contributed by atoms with Crippen molar-refractivity contribution < 1.29 is 14.3 Å². The van der Waals surface area contributed by atoms with Crippen LogP contribution in [0.1, 0.15) is 39.8 Å². The van der Waals surface area contributed by atoms with Gasteiger partial charge >= 0.3 is 5.97 Å². The number of nitrogens with zero attached hydrogens (tertiary/aromatic N) is 1. The van der Waals surface area contributed by atoms with Crippen molar-refractivity contribution in [3.63, 3.8) is 0 Å². The SMILES string of the molecule is C[C@H]1CCc2c(sc(NC(=O)COC(=O)c3cc4ccccc4[nH]3)c2C#N)C1. The molecule has 28 heavy (non-hydrogen) atoms. The van der Waals surface area contributed by atoms with Crippen LogP contribution in [0.5, 0.6) is 0 Å². The number of aromatic nitrogens is 1. The van der Waals surface area contributed by atoms with Gasteiger partial charge in [0.2, 0.25) is 0 Å². The van der Waals surface area contributed by atoms with Crippen molar-refractivity contribution in [3.8, 4) is 6.07 Å². The lowest BCUT2D eigenvalue weighted by Crippen LogP contribution is -2.21. The van der Waals surface area contributed by atoms with Gasteiger partial charge in [-0.25, -0.2) is 4.79 Å². The Morgan fingerprint density at radius 1 is 1.39 bits per heavy atom. The highest BCUT2D eigenvalue weighted by atomic mass is 32.1. The van der Waals surface area contributed by atoms with E-state index in [9.17, 15) is 14.9 Å². The Kier molecular flexibility index (Phi) is 4.88. The number of nitriles is 1. The second-order valence-electron chi connectivity index (χ2n) is 7.06. The molecule has 3 aromatic rings. The van der Waals surface area contributed by atoms with Crippen LogP contribution < -0.4 is 5.32 Å². The van der Waals surface area contributed by atoms with Crippen LogP contribution in [-0.4, -0.2) is 23.5 Å². The van der Waals surface area contributed by atoms with Crippen molar-refractivity contribution in [2.45, 2.75) is 26.2 Å². The number of rotatable bonds is 4. The van der Waals surface area contributed by atoms with Gasteiger partial charge < -0.3 is 15.0 Å². The molecule has 142 valence electrons. The summed E-state index contributed by atoms with van der Waals surface area (Å²) in [5.74, 6) is -0.461. The van der Waals surface area contributed by atoms with Gasteiger partial charge in [-0.15, -0.1) is 11.3 Å². The number of fused-ring (bicyclic) bond motifs is 2. The molecule has 0 saturated heterocycles. The van der Waals surface area contributed by atoms with Crippen LogP contribution in [-0.2, 0) is 22.4 Å². The number of carbonyl (C=O) groups is 2. The Morgan fingerprint density at radius 2 is 2.21 bits per heavy atom. The number of thiophene rings is 1. The third-order valence-corrected chi connectivity index (χ3v) is 6.13. The monoisotopic (exact) mass is 393 g/mol. The molecule has 0 saturated carbocycles. The van der Waals surface area contributed by atoms with Gasteiger partial charge in [0.15, 0.2) is 6.61 Å². The minimum absolute atomic E-state index is 0.298. The third-order valence-electron chi connectivity index (χ3n) is 4.96. The van der Waals surface area contributed by atoms with Crippen molar-refractivity contribution in [1.29, 1.82) is 5.26 Å². The highest BCUT2D eigenvalue weighted by Gasteiger charge is 2.25. The van der Waals surface area contributed by atoms with Crippen molar-refractivity contribution in [1.82, 2.24) is 4.98 Å². The van der Waals surface area contributed by atoms with Crippen molar-refractivity contribution in [2.24, 2.45) is 5.92 Å². The number of ether oxygens (including phenoxy) is 1. The number of carbonyl (C=O) groups excluding carboxylic acids is 2. The maximum atomic E-state index is 12.3. The summed E-state index contributed by atoms with van der Waals surface area (Å²) in [5, 5.41) is 13.7. The molecule has 0 spiro atoms. The second kappa shape index (κ2) is 7.49. The average molecular weight is 393 g/mol. The molecule has 0 bridgehead atoms. The largest absolute Gasteiger partial charge is 0.451 e. The molecule has 2 heterocycles. The fourth-order valence-electron chi connectivity index (χ4n) is 3.51. The standard InChI is InChI=1S/C21H19N3O3S/c1-12-6-7-14-15(10-22)20(28-18(14)8-12)24-19(25)11-27-21(26)17-9-13-4-2-3-5-16(13)23-17/h2-5,9,12,23H,6-8,11H2,1H3,(H,24,25)/t12-/m0/s1. The second-order valence-corrected chi connectivity index (χ2v) is 8.17. The first-order chi connectivity index (χ1) is 13.5. The third kappa shape index (κ3) is 3.51. The van der Waals surface area contributed by atoms with Crippen LogP contribution in [0.15, 0.2) is 30.3 Å². The van der Waals surface area contributed by atoms with Gasteiger partial charge in [-0.05, 0) is 42.9 Å². The number of amides is 1. The van der Waals surface area contributed by atoms with E-state index in [1.165, 1.54) is 16.2 Å². The molecule has 2 aromatic heterocycles. The summed E-state index contributed by atoms with van der Waals surface area (Å²) in [6.45, 7) is 1.79. The van der Waals surface area contributed by atoms with Gasteiger partial charge in [0, 0.05) is 15.8 Å². The van der Waals surface area contributed by atoms with E-state index in [4.69, 9.17) is 4.74 Å². The lowest BCUT2D eigenvalue weighted by molar-refractivity contribution is -0.119. The van der Waals surface area contributed by atoms with Gasteiger partial charge in [0.25, 0.3) is 5.91 Å². The number of H-pyrrole nitrogens is 1.